The quantitative estimate of drug-likeness (QED) is 0.800. The van der Waals surface area contributed by atoms with E-state index in [1.165, 1.54) is 30.9 Å². The van der Waals surface area contributed by atoms with Crippen LogP contribution in [0.3, 0.4) is 0 Å². The summed E-state index contributed by atoms with van der Waals surface area (Å²) < 4.78 is 44.2. The number of aromatic nitrogens is 1. The first-order valence-electron chi connectivity index (χ1n) is 8.61. The number of alkyl halides is 3. The standard InChI is InChI=1S/C17H22F3N3O3/c1-11(23-7-6-16(25,10-23)17(18,19)20)15(24)22-14-5-4-13(8-21-14)26-9-12-2-3-12/h4-5,8,11-12,25H,2-3,6-7,9-10H2,1H3,(H,21,22,24)/t11-,16+/m0/s1. The summed E-state index contributed by atoms with van der Waals surface area (Å²) in [5, 5.41) is 12.3. The van der Waals surface area contributed by atoms with E-state index < -0.39 is 36.7 Å². The highest BCUT2D eigenvalue weighted by Gasteiger charge is 2.57. The molecule has 0 unspecified atom stereocenters. The van der Waals surface area contributed by atoms with E-state index in [9.17, 15) is 23.1 Å². The van der Waals surface area contributed by atoms with Crippen molar-refractivity contribution in [2.24, 2.45) is 5.92 Å². The largest absolute Gasteiger partial charge is 0.492 e. The molecule has 2 N–H and O–H groups in total. The van der Waals surface area contributed by atoms with Crippen molar-refractivity contribution in [2.45, 2.75) is 44.0 Å². The Bertz CT molecular complexity index is 649. The highest BCUT2D eigenvalue weighted by Crippen LogP contribution is 2.38. The molecule has 9 heteroatoms. The summed E-state index contributed by atoms with van der Waals surface area (Å²) in [6.07, 6.45) is -1.30. The van der Waals surface area contributed by atoms with E-state index >= 15 is 0 Å². The van der Waals surface area contributed by atoms with Crippen molar-refractivity contribution in [1.29, 1.82) is 0 Å². The average molecular weight is 373 g/mol. The second kappa shape index (κ2) is 7.03. The fraction of sp³-hybridized carbons (Fsp3) is 0.647. The predicted octanol–water partition coefficient (Wildman–Crippen LogP) is 2.20. The highest BCUT2D eigenvalue weighted by molar-refractivity contribution is 5.93. The molecule has 0 spiro atoms. The number of carbonyl (C=O) groups excluding carboxylic acids is 1. The molecule has 2 atom stereocenters. The van der Waals surface area contributed by atoms with Gasteiger partial charge in [-0.1, -0.05) is 0 Å². The number of aliphatic hydroxyl groups is 1. The Morgan fingerprint density at radius 2 is 2.23 bits per heavy atom. The first-order valence-corrected chi connectivity index (χ1v) is 8.61. The van der Waals surface area contributed by atoms with Crippen molar-refractivity contribution >= 4 is 11.7 Å². The van der Waals surface area contributed by atoms with Gasteiger partial charge in [0, 0.05) is 13.1 Å². The van der Waals surface area contributed by atoms with E-state index in [1.54, 1.807) is 12.1 Å². The van der Waals surface area contributed by atoms with Gasteiger partial charge in [0.15, 0.2) is 5.60 Å². The smallest absolute Gasteiger partial charge is 0.418 e. The molecule has 6 nitrogen and oxygen atoms in total. The topological polar surface area (TPSA) is 74.7 Å². The van der Waals surface area contributed by atoms with Crippen molar-refractivity contribution in [3.8, 4) is 5.75 Å². The summed E-state index contributed by atoms with van der Waals surface area (Å²) in [6.45, 7) is 1.53. The number of ether oxygens (including phenoxy) is 1. The number of anilines is 1. The van der Waals surface area contributed by atoms with Gasteiger partial charge in [-0.2, -0.15) is 13.2 Å². The number of rotatable bonds is 6. The maximum absolute atomic E-state index is 12.9. The van der Waals surface area contributed by atoms with Crippen LogP contribution in [-0.4, -0.2) is 58.4 Å². The van der Waals surface area contributed by atoms with Gasteiger partial charge in [-0.25, -0.2) is 4.98 Å². The summed E-state index contributed by atoms with van der Waals surface area (Å²) in [5.74, 6) is 1.05. The number of pyridine rings is 1. The lowest BCUT2D eigenvalue weighted by atomic mass is 10.0. The van der Waals surface area contributed by atoms with Crippen LogP contribution in [0.25, 0.3) is 0 Å². The van der Waals surface area contributed by atoms with E-state index in [0.717, 1.165) is 0 Å². The Labute approximate surface area is 149 Å². The van der Waals surface area contributed by atoms with E-state index in [4.69, 9.17) is 4.74 Å². The summed E-state index contributed by atoms with van der Waals surface area (Å²) in [6, 6.07) is 2.45. The molecule has 0 radical (unpaired) electrons. The summed E-state index contributed by atoms with van der Waals surface area (Å²) in [5.41, 5.74) is -2.76. The summed E-state index contributed by atoms with van der Waals surface area (Å²) in [4.78, 5) is 17.7. The van der Waals surface area contributed by atoms with Gasteiger partial charge in [0.25, 0.3) is 0 Å². The summed E-state index contributed by atoms with van der Waals surface area (Å²) in [7, 11) is 0. The van der Waals surface area contributed by atoms with Crippen molar-refractivity contribution in [3.05, 3.63) is 18.3 Å². The maximum atomic E-state index is 12.9. The van der Waals surface area contributed by atoms with Crippen LogP contribution in [0.5, 0.6) is 5.75 Å². The van der Waals surface area contributed by atoms with Crippen LogP contribution in [0.2, 0.25) is 0 Å². The minimum absolute atomic E-state index is 0.00797. The van der Waals surface area contributed by atoms with Crippen LogP contribution in [0, 0.1) is 5.92 Å². The van der Waals surface area contributed by atoms with E-state index in [0.29, 0.717) is 24.1 Å². The fourth-order valence-corrected chi connectivity index (χ4v) is 2.82. The fourth-order valence-electron chi connectivity index (χ4n) is 2.82. The minimum Gasteiger partial charge on any atom is -0.492 e. The van der Waals surface area contributed by atoms with Crippen LogP contribution in [0.4, 0.5) is 19.0 Å². The second-order valence-corrected chi connectivity index (χ2v) is 7.05. The lowest BCUT2D eigenvalue weighted by Crippen LogP contribution is -2.49. The predicted molar refractivity (Wildman–Crippen MR) is 87.7 cm³/mol. The number of hydrogen-bond acceptors (Lipinski definition) is 5. The van der Waals surface area contributed by atoms with Crippen molar-refractivity contribution in [1.82, 2.24) is 9.88 Å². The third kappa shape index (κ3) is 4.27. The van der Waals surface area contributed by atoms with Crippen LogP contribution in [0.1, 0.15) is 26.2 Å². The van der Waals surface area contributed by atoms with Gasteiger partial charge < -0.3 is 15.2 Å². The lowest BCUT2D eigenvalue weighted by Gasteiger charge is -2.28. The normalized spacial score (nSPS) is 25.1. The Balaban J connectivity index is 1.52. The molecule has 144 valence electrons. The molecule has 2 aliphatic rings. The van der Waals surface area contributed by atoms with Crippen LogP contribution in [-0.2, 0) is 4.79 Å². The SMILES string of the molecule is C[C@@H](C(=O)Nc1ccc(OCC2CC2)cn1)N1CC[C@](O)(C(F)(F)F)C1. The van der Waals surface area contributed by atoms with Gasteiger partial charge >= 0.3 is 6.18 Å². The Hall–Kier alpha value is -1.87. The van der Waals surface area contributed by atoms with Crippen LogP contribution < -0.4 is 10.1 Å². The van der Waals surface area contributed by atoms with Gasteiger partial charge in [-0.15, -0.1) is 0 Å². The molecule has 1 saturated heterocycles. The van der Waals surface area contributed by atoms with Gasteiger partial charge in [0.2, 0.25) is 5.91 Å². The second-order valence-electron chi connectivity index (χ2n) is 7.05. The molecule has 2 heterocycles. The number of nitrogens with zero attached hydrogens (tertiary/aromatic N) is 2. The Morgan fingerprint density at radius 1 is 1.50 bits per heavy atom. The number of nitrogens with one attached hydrogen (secondary N) is 1. The molecule has 1 aromatic rings. The third-order valence-corrected chi connectivity index (χ3v) is 4.90. The lowest BCUT2D eigenvalue weighted by molar-refractivity contribution is -0.254. The molecular formula is C17H22F3N3O3. The minimum atomic E-state index is -4.71. The van der Waals surface area contributed by atoms with Crippen molar-refractivity contribution < 1.29 is 27.8 Å². The molecular weight excluding hydrogens is 351 g/mol. The Morgan fingerprint density at radius 3 is 2.77 bits per heavy atom. The first-order chi connectivity index (χ1) is 12.2. The monoisotopic (exact) mass is 373 g/mol. The first kappa shape index (κ1) is 18.9. The van der Waals surface area contributed by atoms with Gasteiger partial charge in [0.1, 0.15) is 11.6 Å². The number of likely N-dealkylation sites (tertiary alicyclic amines) is 1. The molecule has 0 aromatic carbocycles. The average Bonchev–Trinajstić information content (AvgIpc) is 3.32. The van der Waals surface area contributed by atoms with Gasteiger partial charge in [0.05, 0.1) is 18.8 Å². The molecule has 1 aliphatic carbocycles. The van der Waals surface area contributed by atoms with Crippen molar-refractivity contribution in [2.75, 3.05) is 25.0 Å². The highest BCUT2D eigenvalue weighted by atomic mass is 19.4. The third-order valence-electron chi connectivity index (χ3n) is 4.90. The number of β-amino-alcohol motifs (C(OH)–C–C–N with tert-alkyl or cyclic N) is 1. The molecule has 1 saturated carbocycles. The molecule has 2 fully saturated rings. The molecule has 1 aromatic heterocycles. The molecule has 26 heavy (non-hydrogen) atoms. The van der Waals surface area contributed by atoms with Crippen molar-refractivity contribution in [3.63, 3.8) is 0 Å². The molecule has 1 aliphatic heterocycles. The van der Waals surface area contributed by atoms with Crippen LogP contribution >= 0.6 is 0 Å². The zero-order chi connectivity index (χ0) is 18.9. The zero-order valence-electron chi connectivity index (χ0n) is 14.4. The summed E-state index contributed by atoms with van der Waals surface area (Å²) >= 11 is 0. The molecule has 3 rings (SSSR count). The Kier molecular flexibility index (Phi) is 5.12. The van der Waals surface area contributed by atoms with E-state index in [-0.39, 0.29) is 6.54 Å². The number of carbonyl (C=O) groups is 1. The van der Waals surface area contributed by atoms with E-state index in [1.807, 2.05) is 0 Å². The van der Waals surface area contributed by atoms with E-state index in [2.05, 4.69) is 10.3 Å². The maximum Gasteiger partial charge on any atom is 0.418 e. The molecule has 1 amide bonds. The number of hydrogen-bond donors (Lipinski definition) is 2. The molecule has 0 bridgehead atoms. The number of halogens is 3. The van der Waals surface area contributed by atoms with Crippen LogP contribution in [0.15, 0.2) is 18.3 Å². The van der Waals surface area contributed by atoms with Gasteiger partial charge in [-0.3, -0.25) is 9.69 Å². The zero-order valence-corrected chi connectivity index (χ0v) is 14.4. The number of amides is 1. The van der Waals surface area contributed by atoms with Gasteiger partial charge in [-0.05, 0) is 44.2 Å².